The number of hydrogen-bond donors (Lipinski definition) is 1. The molecule has 2 heterocycles. The lowest BCUT2D eigenvalue weighted by atomic mass is 9.80. The third-order valence-electron chi connectivity index (χ3n) is 4.48. The lowest BCUT2D eigenvalue weighted by Crippen LogP contribution is -2.35. The molecule has 5 heteroatoms. The van der Waals surface area contributed by atoms with E-state index in [0.29, 0.717) is 18.3 Å². The maximum absolute atomic E-state index is 6.07. The topological polar surface area (TPSA) is 77.8 Å². The minimum atomic E-state index is -0.147. The Kier molecular flexibility index (Phi) is 4.01. The van der Waals surface area contributed by atoms with Crippen LogP contribution in [0.15, 0.2) is 22.9 Å². The second kappa shape index (κ2) is 5.93. The van der Waals surface area contributed by atoms with Gasteiger partial charge in [-0.3, -0.25) is 4.98 Å². The Morgan fingerprint density at radius 2 is 2.00 bits per heavy atom. The van der Waals surface area contributed by atoms with Gasteiger partial charge in [-0.15, -0.1) is 0 Å². The van der Waals surface area contributed by atoms with Gasteiger partial charge < -0.3 is 10.3 Å². The van der Waals surface area contributed by atoms with E-state index in [-0.39, 0.29) is 5.41 Å². The van der Waals surface area contributed by atoms with Crippen molar-refractivity contribution in [3.05, 3.63) is 29.8 Å². The summed E-state index contributed by atoms with van der Waals surface area (Å²) in [5, 5.41) is 4.12. The molecule has 2 aromatic rings. The van der Waals surface area contributed by atoms with Gasteiger partial charge in [0, 0.05) is 12.7 Å². The van der Waals surface area contributed by atoms with Crippen LogP contribution in [0.4, 0.5) is 0 Å². The van der Waals surface area contributed by atoms with Gasteiger partial charge in [0.25, 0.3) is 0 Å². The third-order valence-corrected chi connectivity index (χ3v) is 4.48. The van der Waals surface area contributed by atoms with Crippen molar-refractivity contribution in [1.29, 1.82) is 0 Å². The van der Waals surface area contributed by atoms with E-state index in [1.807, 2.05) is 19.1 Å². The molecule has 0 bridgehead atoms. The summed E-state index contributed by atoms with van der Waals surface area (Å²) >= 11 is 0. The van der Waals surface area contributed by atoms with Crippen molar-refractivity contribution in [2.75, 3.05) is 6.54 Å². The van der Waals surface area contributed by atoms with Crippen LogP contribution in [0.25, 0.3) is 11.5 Å². The predicted molar refractivity (Wildman–Crippen MR) is 80.7 cm³/mol. The Bertz CT molecular complexity index is 600. The zero-order valence-corrected chi connectivity index (χ0v) is 12.5. The summed E-state index contributed by atoms with van der Waals surface area (Å²) in [5.41, 5.74) is 7.81. The van der Waals surface area contributed by atoms with E-state index in [1.165, 1.54) is 25.7 Å². The maximum Gasteiger partial charge on any atom is 0.234 e. The van der Waals surface area contributed by atoms with Crippen LogP contribution in [0.2, 0.25) is 0 Å². The Hall–Kier alpha value is -1.75. The molecule has 1 aliphatic rings. The van der Waals surface area contributed by atoms with Crippen molar-refractivity contribution in [3.63, 3.8) is 0 Å². The van der Waals surface area contributed by atoms with Crippen LogP contribution >= 0.6 is 0 Å². The number of hydrogen-bond acceptors (Lipinski definition) is 5. The smallest absolute Gasteiger partial charge is 0.234 e. The summed E-state index contributed by atoms with van der Waals surface area (Å²) in [4.78, 5) is 8.93. The summed E-state index contributed by atoms with van der Waals surface area (Å²) in [5.74, 6) is 1.25. The maximum atomic E-state index is 6.07. The standard InChI is InChI=1S/C16H22N4O/c1-12-6-9-18-13(10-12)14-19-15(21-20-14)16(11-17)7-4-2-3-5-8-16/h6,9-10H,2-5,7-8,11,17H2,1H3. The van der Waals surface area contributed by atoms with Gasteiger partial charge in [0.1, 0.15) is 5.69 Å². The first kappa shape index (κ1) is 14.2. The Balaban J connectivity index is 1.92. The quantitative estimate of drug-likeness (QED) is 0.878. The highest BCUT2D eigenvalue weighted by Gasteiger charge is 2.37. The molecule has 0 radical (unpaired) electrons. The van der Waals surface area contributed by atoms with Gasteiger partial charge in [0.15, 0.2) is 0 Å². The van der Waals surface area contributed by atoms with E-state index >= 15 is 0 Å². The van der Waals surface area contributed by atoms with Gasteiger partial charge in [0.05, 0.1) is 5.41 Å². The molecule has 2 N–H and O–H groups in total. The van der Waals surface area contributed by atoms with Crippen molar-refractivity contribution in [2.45, 2.75) is 50.9 Å². The molecule has 21 heavy (non-hydrogen) atoms. The van der Waals surface area contributed by atoms with Gasteiger partial charge >= 0.3 is 0 Å². The molecule has 1 fully saturated rings. The van der Waals surface area contributed by atoms with Crippen molar-refractivity contribution < 1.29 is 4.52 Å². The number of nitrogens with zero attached hydrogens (tertiary/aromatic N) is 3. The van der Waals surface area contributed by atoms with Crippen LogP contribution in [0.1, 0.15) is 50.0 Å². The molecule has 1 aliphatic carbocycles. The minimum absolute atomic E-state index is 0.147. The summed E-state index contributed by atoms with van der Waals surface area (Å²) in [6, 6.07) is 3.92. The Morgan fingerprint density at radius 3 is 2.67 bits per heavy atom. The summed E-state index contributed by atoms with van der Waals surface area (Å²) in [6.07, 6.45) is 8.73. The molecule has 0 saturated heterocycles. The number of aromatic nitrogens is 3. The fourth-order valence-corrected chi connectivity index (χ4v) is 3.11. The zero-order valence-electron chi connectivity index (χ0n) is 12.5. The summed E-state index contributed by atoms with van der Waals surface area (Å²) < 4.78 is 5.57. The van der Waals surface area contributed by atoms with Crippen molar-refractivity contribution in [1.82, 2.24) is 15.1 Å². The van der Waals surface area contributed by atoms with E-state index in [9.17, 15) is 0 Å². The molecular weight excluding hydrogens is 264 g/mol. The summed E-state index contributed by atoms with van der Waals surface area (Å²) in [6.45, 7) is 2.59. The molecule has 0 amide bonds. The first-order valence-electron chi connectivity index (χ1n) is 7.71. The predicted octanol–water partition coefficient (Wildman–Crippen LogP) is 2.99. The molecule has 112 valence electrons. The highest BCUT2D eigenvalue weighted by molar-refractivity contribution is 5.49. The molecule has 0 spiro atoms. The lowest BCUT2D eigenvalue weighted by Gasteiger charge is -2.26. The summed E-state index contributed by atoms with van der Waals surface area (Å²) in [7, 11) is 0. The first-order chi connectivity index (χ1) is 10.2. The van der Waals surface area contributed by atoms with E-state index in [1.54, 1.807) is 6.20 Å². The van der Waals surface area contributed by atoms with Gasteiger partial charge in [-0.05, 0) is 37.5 Å². The number of pyridine rings is 1. The Morgan fingerprint density at radius 1 is 1.24 bits per heavy atom. The molecule has 3 rings (SSSR count). The minimum Gasteiger partial charge on any atom is -0.338 e. The van der Waals surface area contributed by atoms with Crippen LogP contribution in [0.3, 0.4) is 0 Å². The van der Waals surface area contributed by atoms with Gasteiger partial charge in [0.2, 0.25) is 11.7 Å². The van der Waals surface area contributed by atoms with E-state index in [0.717, 1.165) is 24.1 Å². The average Bonchev–Trinajstić information content (AvgIpc) is 2.87. The van der Waals surface area contributed by atoms with Crippen LogP contribution in [-0.4, -0.2) is 21.7 Å². The highest BCUT2D eigenvalue weighted by Crippen LogP contribution is 2.37. The number of aryl methyl sites for hydroxylation is 1. The van der Waals surface area contributed by atoms with Crippen molar-refractivity contribution in [2.24, 2.45) is 5.73 Å². The fraction of sp³-hybridized carbons (Fsp3) is 0.562. The molecule has 0 aliphatic heterocycles. The fourth-order valence-electron chi connectivity index (χ4n) is 3.11. The molecule has 0 aromatic carbocycles. The van der Waals surface area contributed by atoms with E-state index in [4.69, 9.17) is 10.3 Å². The average molecular weight is 286 g/mol. The SMILES string of the molecule is Cc1ccnc(-c2noc(C3(CN)CCCCCC3)n2)c1. The van der Waals surface area contributed by atoms with Crippen LogP contribution in [0.5, 0.6) is 0 Å². The number of nitrogens with two attached hydrogens (primary N) is 1. The second-order valence-electron chi connectivity index (χ2n) is 6.04. The Labute approximate surface area is 125 Å². The number of rotatable bonds is 3. The van der Waals surface area contributed by atoms with Gasteiger partial charge in [-0.25, -0.2) is 0 Å². The molecule has 0 unspecified atom stereocenters. The monoisotopic (exact) mass is 286 g/mol. The van der Waals surface area contributed by atoms with Gasteiger partial charge in [-0.2, -0.15) is 4.98 Å². The van der Waals surface area contributed by atoms with Crippen LogP contribution in [-0.2, 0) is 5.41 Å². The third kappa shape index (κ3) is 2.83. The highest BCUT2D eigenvalue weighted by atomic mass is 16.5. The van der Waals surface area contributed by atoms with Crippen molar-refractivity contribution >= 4 is 0 Å². The molecule has 5 nitrogen and oxygen atoms in total. The lowest BCUT2D eigenvalue weighted by molar-refractivity contribution is 0.257. The van der Waals surface area contributed by atoms with E-state index in [2.05, 4.69) is 15.1 Å². The van der Waals surface area contributed by atoms with E-state index < -0.39 is 0 Å². The first-order valence-corrected chi connectivity index (χ1v) is 7.71. The molecule has 0 atom stereocenters. The zero-order chi connectivity index (χ0) is 14.7. The second-order valence-corrected chi connectivity index (χ2v) is 6.04. The van der Waals surface area contributed by atoms with Crippen LogP contribution in [0, 0.1) is 6.92 Å². The largest absolute Gasteiger partial charge is 0.338 e. The van der Waals surface area contributed by atoms with Crippen molar-refractivity contribution in [3.8, 4) is 11.5 Å². The van der Waals surface area contributed by atoms with Gasteiger partial charge in [-0.1, -0.05) is 30.8 Å². The normalized spacial score (nSPS) is 18.4. The molecular formula is C16H22N4O. The molecule has 2 aromatic heterocycles. The van der Waals surface area contributed by atoms with Crippen LogP contribution < -0.4 is 5.73 Å². The molecule has 1 saturated carbocycles.